The van der Waals surface area contributed by atoms with E-state index < -0.39 is 6.04 Å². The smallest absolute Gasteiger partial charge is 0.251 e. The number of hydrogen-bond acceptors (Lipinski definition) is 3. The van der Waals surface area contributed by atoms with Crippen molar-refractivity contribution in [2.45, 2.75) is 50.2 Å². The predicted molar refractivity (Wildman–Crippen MR) is 140 cm³/mol. The Balaban J connectivity index is 1.25. The van der Waals surface area contributed by atoms with Gasteiger partial charge in [0.2, 0.25) is 5.91 Å². The molecule has 3 N–H and O–H groups in total. The van der Waals surface area contributed by atoms with E-state index in [1.54, 1.807) is 24.3 Å². The van der Waals surface area contributed by atoms with Crippen molar-refractivity contribution in [1.29, 1.82) is 0 Å². The first kappa shape index (κ1) is 25.0. The Morgan fingerprint density at radius 3 is 2.29 bits per heavy atom. The zero-order valence-corrected chi connectivity index (χ0v) is 20.5. The van der Waals surface area contributed by atoms with E-state index in [9.17, 15) is 9.59 Å². The highest BCUT2D eigenvalue weighted by Gasteiger charge is 2.37. The molecule has 0 unspecified atom stereocenters. The fraction of sp³-hybridized carbons (Fsp3) is 0.310. The normalized spacial score (nSPS) is 17.4. The van der Waals surface area contributed by atoms with Crippen LogP contribution in [0.1, 0.15) is 53.1 Å². The van der Waals surface area contributed by atoms with Gasteiger partial charge >= 0.3 is 0 Å². The van der Waals surface area contributed by atoms with E-state index in [2.05, 4.69) is 40.2 Å². The van der Waals surface area contributed by atoms with Crippen LogP contribution >= 0.6 is 11.6 Å². The highest BCUT2D eigenvalue weighted by molar-refractivity contribution is 6.30. The summed E-state index contributed by atoms with van der Waals surface area (Å²) in [7, 11) is 0. The van der Waals surface area contributed by atoms with Crippen LogP contribution in [0.15, 0.2) is 84.9 Å². The van der Waals surface area contributed by atoms with Crippen molar-refractivity contribution in [3.8, 4) is 0 Å². The van der Waals surface area contributed by atoms with Crippen molar-refractivity contribution in [3.63, 3.8) is 0 Å². The van der Waals surface area contributed by atoms with Crippen LogP contribution < -0.4 is 16.0 Å². The van der Waals surface area contributed by atoms with E-state index in [4.69, 9.17) is 11.6 Å². The van der Waals surface area contributed by atoms with Crippen LogP contribution in [0.5, 0.6) is 0 Å². The molecule has 0 aliphatic heterocycles. The molecule has 1 fully saturated rings. The minimum absolute atomic E-state index is 0.171. The van der Waals surface area contributed by atoms with E-state index in [1.807, 2.05) is 36.4 Å². The fourth-order valence-electron chi connectivity index (χ4n) is 4.27. The summed E-state index contributed by atoms with van der Waals surface area (Å²) in [6.07, 6.45) is 3.53. The van der Waals surface area contributed by atoms with E-state index >= 15 is 0 Å². The van der Waals surface area contributed by atoms with E-state index in [1.165, 1.54) is 12.0 Å². The highest BCUT2D eigenvalue weighted by atomic mass is 35.5. The molecule has 5 nitrogen and oxygen atoms in total. The number of hydrogen-bond donors (Lipinski definition) is 3. The van der Waals surface area contributed by atoms with Crippen LogP contribution in [-0.4, -0.2) is 30.4 Å². The molecular weight excluding hydrogens is 458 g/mol. The molecule has 2 amide bonds. The zero-order valence-electron chi connectivity index (χ0n) is 19.8. The molecule has 6 heteroatoms. The summed E-state index contributed by atoms with van der Waals surface area (Å²) in [4.78, 5) is 25.7. The van der Waals surface area contributed by atoms with Gasteiger partial charge in [-0.3, -0.25) is 9.59 Å². The van der Waals surface area contributed by atoms with Crippen LogP contribution in [0.25, 0.3) is 0 Å². The fourth-order valence-corrected chi connectivity index (χ4v) is 4.40. The molecule has 1 aliphatic rings. The average molecular weight is 490 g/mol. The summed E-state index contributed by atoms with van der Waals surface area (Å²) < 4.78 is 0. The van der Waals surface area contributed by atoms with Crippen molar-refractivity contribution < 1.29 is 9.59 Å². The van der Waals surface area contributed by atoms with Crippen molar-refractivity contribution in [2.24, 2.45) is 0 Å². The van der Waals surface area contributed by atoms with Crippen LogP contribution in [0.4, 0.5) is 0 Å². The van der Waals surface area contributed by atoms with Crippen LogP contribution in [-0.2, 0) is 11.3 Å². The van der Waals surface area contributed by atoms with Crippen LogP contribution in [0.3, 0.4) is 0 Å². The zero-order chi connectivity index (χ0) is 24.5. The van der Waals surface area contributed by atoms with Gasteiger partial charge in [-0.05, 0) is 67.6 Å². The predicted octanol–water partition coefficient (Wildman–Crippen LogP) is 5.07. The Bertz CT molecular complexity index is 1090. The largest absolute Gasteiger partial charge is 0.350 e. The standard InChI is InChI=1S/C29H32ClN3O2/c30-24-16-14-23(15-17-24)28(34)33-26(29(35)32-20-21-9-3-1-4-10-21)13-7-8-18-31-27-19-25(27)22-11-5-2-6-12-22/h1-6,9-12,14-17,25-27,31H,7-8,13,18-20H2,(H,32,35)(H,33,34)/t25-,26-,27+/m0/s1. The second-order valence-electron chi connectivity index (χ2n) is 9.05. The van der Waals surface area contributed by atoms with Crippen molar-refractivity contribution >= 4 is 23.4 Å². The van der Waals surface area contributed by atoms with Gasteiger partial charge in [0.05, 0.1) is 0 Å². The summed E-state index contributed by atoms with van der Waals surface area (Å²) in [5.74, 6) is 0.158. The van der Waals surface area contributed by atoms with Crippen LogP contribution in [0.2, 0.25) is 5.02 Å². The van der Waals surface area contributed by atoms with Crippen molar-refractivity contribution in [3.05, 3.63) is 107 Å². The number of halogens is 1. The SMILES string of the molecule is O=C(N[C@@H](CCCCN[C@@H]1C[C@H]1c1ccccc1)C(=O)NCc1ccccc1)c1ccc(Cl)cc1. The van der Waals surface area contributed by atoms with E-state index in [0.29, 0.717) is 35.5 Å². The van der Waals surface area contributed by atoms with Gasteiger partial charge in [0.25, 0.3) is 5.91 Å². The lowest BCUT2D eigenvalue weighted by atomic mass is 10.1. The maximum Gasteiger partial charge on any atom is 0.251 e. The molecule has 3 aromatic carbocycles. The Kier molecular flexibility index (Phi) is 8.93. The van der Waals surface area contributed by atoms with Crippen molar-refractivity contribution in [1.82, 2.24) is 16.0 Å². The monoisotopic (exact) mass is 489 g/mol. The Hall–Kier alpha value is -3.15. The molecule has 0 heterocycles. The molecule has 182 valence electrons. The lowest BCUT2D eigenvalue weighted by Gasteiger charge is -2.19. The molecular formula is C29H32ClN3O2. The van der Waals surface area contributed by atoms with Gasteiger partial charge in [-0.2, -0.15) is 0 Å². The third kappa shape index (κ3) is 7.67. The summed E-state index contributed by atoms with van der Waals surface area (Å²) >= 11 is 5.94. The highest BCUT2D eigenvalue weighted by Crippen LogP contribution is 2.40. The molecule has 3 atom stereocenters. The minimum atomic E-state index is -0.597. The van der Waals surface area contributed by atoms with E-state index in [-0.39, 0.29) is 11.8 Å². The second kappa shape index (κ2) is 12.5. The van der Waals surface area contributed by atoms with Gasteiger partial charge in [-0.15, -0.1) is 0 Å². The van der Waals surface area contributed by atoms with Gasteiger partial charge in [0, 0.05) is 29.1 Å². The topological polar surface area (TPSA) is 70.2 Å². The van der Waals surface area contributed by atoms with Gasteiger partial charge in [-0.1, -0.05) is 72.3 Å². The second-order valence-corrected chi connectivity index (χ2v) is 9.48. The van der Waals surface area contributed by atoms with Gasteiger partial charge < -0.3 is 16.0 Å². The first-order chi connectivity index (χ1) is 17.1. The number of amides is 2. The Morgan fingerprint density at radius 2 is 1.57 bits per heavy atom. The summed E-state index contributed by atoms with van der Waals surface area (Å²) in [5.41, 5.74) is 2.90. The van der Waals surface area contributed by atoms with Crippen LogP contribution in [0, 0.1) is 0 Å². The minimum Gasteiger partial charge on any atom is -0.350 e. The first-order valence-electron chi connectivity index (χ1n) is 12.3. The third-order valence-electron chi connectivity index (χ3n) is 6.38. The summed E-state index contributed by atoms with van der Waals surface area (Å²) in [6.45, 7) is 1.33. The lowest BCUT2D eigenvalue weighted by molar-refractivity contribution is -0.123. The number of carbonyl (C=O) groups excluding carboxylic acids is 2. The molecule has 3 aromatic rings. The molecule has 0 bridgehead atoms. The maximum absolute atomic E-state index is 13.0. The number of benzene rings is 3. The number of rotatable bonds is 12. The molecule has 0 saturated heterocycles. The van der Waals surface area contributed by atoms with E-state index in [0.717, 1.165) is 24.9 Å². The summed E-state index contributed by atoms with van der Waals surface area (Å²) in [6, 6.07) is 27.0. The van der Waals surface area contributed by atoms with Gasteiger partial charge in [-0.25, -0.2) is 0 Å². The molecule has 0 spiro atoms. The number of unbranched alkanes of at least 4 members (excludes halogenated alkanes) is 1. The molecule has 0 aromatic heterocycles. The molecule has 1 saturated carbocycles. The number of carbonyl (C=O) groups is 2. The average Bonchev–Trinajstić information content (AvgIpc) is 3.67. The number of nitrogens with one attached hydrogen (secondary N) is 3. The Labute approximate surface area is 212 Å². The Morgan fingerprint density at radius 1 is 0.886 bits per heavy atom. The van der Waals surface area contributed by atoms with Gasteiger partial charge in [0.15, 0.2) is 0 Å². The molecule has 35 heavy (non-hydrogen) atoms. The molecule has 0 radical (unpaired) electrons. The maximum atomic E-state index is 13.0. The molecule has 4 rings (SSSR count). The quantitative estimate of drug-likeness (QED) is 0.311. The summed E-state index contributed by atoms with van der Waals surface area (Å²) in [5, 5.41) is 10.1. The van der Waals surface area contributed by atoms with Crippen molar-refractivity contribution in [2.75, 3.05) is 6.54 Å². The third-order valence-corrected chi connectivity index (χ3v) is 6.63. The first-order valence-corrected chi connectivity index (χ1v) is 12.6. The lowest BCUT2D eigenvalue weighted by Crippen LogP contribution is -2.46. The molecule has 1 aliphatic carbocycles. The van der Waals surface area contributed by atoms with Gasteiger partial charge in [0.1, 0.15) is 6.04 Å².